The van der Waals surface area contributed by atoms with E-state index in [1.807, 2.05) is 6.92 Å². The highest BCUT2D eigenvalue weighted by atomic mass is 16.5. The van der Waals surface area contributed by atoms with E-state index in [0.29, 0.717) is 50.2 Å². The van der Waals surface area contributed by atoms with Gasteiger partial charge in [0.2, 0.25) is 0 Å². The van der Waals surface area contributed by atoms with E-state index in [0.717, 1.165) is 0 Å². The molecule has 8 heteroatoms. The maximum absolute atomic E-state index is 10.2. The van der Waals surface area contributed by atoms with Crippen LogP contribution in [0.2, 0.25) is 0 Å². The lowest BCUT2D eigenvalue weighted by molar-refractivity contribution is 0.0357. The first-order chi connectivity index (χ1) is 10.0. The summed E-state index contributed by atoms with van der Waals surface area (Å²) >= 11 is 0. The number of ether oxygens (including phenoxy) is 2. The molecule has 0 aliphatic carbocycles. The van der Waals surface area contributed by atoms with E-state index >= 15 is 0 Å². The number of hydrogen-bond donors (Lipinski definition) is 4. The molecule has 1 unspecified atom stereocenters. The number of anilines is 2. The van der Waals surface area contributed by atoms with Crippen LogP contribution >= 0.6 is 0 Å². The number of hydrazine groups is 1. The van der Waals surface area contributed by atoms with E-state index < -0.39 is 5.60 Å². The zero-order valence-corrected chi connectivity index (χ0v) is 12.8. The molecule has 0 fully saturated rings. The van der Waals surface area contributed by atoms with E-state index in [2.05, 4.69) is 20.7 Å². The van der Waals surface area contributed by atoms with Crippen molar-refractivity contribution in [3.05, 3.63) is 11.9 Å². The summed E-state index contributed by atoms with van der Waals surface area (Å²) in [6, 6.07) is 1.67. The smallest absolute Gasteiger partial charge is 0.158 e. The summed E-state index contributed by atoms with van der Waals surface area (Å²) in [7, 11) is 1.60. The Hall–Kier alpha value is -1.48. The van der Waals surface area contributed by atoms with Gasteiger partial charge in [0.1, 0.15) is 18.2 Å². The normalized spacial score (nSPS) is 13.8. The monoisotopic (exact) mass is 299 g/mol. The van der Waals surface area contributed by atoms with Gasteiger partial charge in [0.25, 0.3) is 0 Å². The maximum atomic E-state index is 10.2. The molecule has 1 aromatic heterocycles. The highest BCUT2D eigenvalue weighted by Gasteiger charge is 2.20. The molecule has 1 heterocycles. The van der Waals surface area contributed by atoms with Gasteiger partial charge >= 0.3 is 0 Å². The quantitative estimate of drug-likeness (QED) is 0.365. The maximum Gasteiger partial charge on any atom is 0.158 e. The summed E-state index contributed by atoms with van der Waals surface area (Å²) in [5.41, 5.74) is 1.59. The molecule has 0 bridgehead atoms. The Morgan fingerprint density at radius 2 is 2.10 bits per heavy atom. The minimum atomic E-state index is -0.892. The Labute approximate surface area is 125 Å². The number of nitrogens with zero attached hydrogens (tertiary/aromatic N) is 2. The zero-order chi connectivity index (χ0) is 15.7. The number of hydrogen-bond acceptors (Lipinski definition) is 8. The largest absolute Gasteiger partial charge is 0.388 e. The van der Waals surface area contributed by atoms with Crippen molar-refractivity contribution in [1.82, 2.24) is 9.97 Å². The van der Waals surface area contributed by atoms with Gasteiger partial charge in [0, 0.05) is 39.4 Å². The van der Waals surface area contributed by atoms with Crippen LogP contribution in [0, 0.1) is 0 Å². The van der Waals surface area contributed by atoms with E-state index in [9.17, 15) is 5.11 Å². The minimum Gasteiger partial charge on any atom is -0.388 e. The molecular formula is C13H25N5O3. The third kappa shape index (κ3) is 6.67. The van der Waals surface area contributed by atoms with Gasteiger partial charge in [-0.25, -0.2) is 15.8 Å². The molecule has 0 aliphatic rings. The highest BCUT2D eigenvalue weighted by Crippen LogP contribution is 2.14. The molecule has 1 aromatic rings. The van der Waals surface area contributed by atoms with Crippen LogP contribution in [-0.2, 0) is 16.1 Å². The summed E-state index contributed by atoms with van der Waals surface area (Å²) < 4.78 is 10.3. The van der Waals surface area contributed by atoms with Gasteiger partial charge in [0.05, 0.1) is 5.60 Å². The molecule has 0 saturated heterocycles. The van der Waals surface area contributed by atoms with Crippen molar-refractivity contribution >= 4 is 11.6 Å². The second-order valence-electron chi connectivity index (χ2n) is 4.93. The van der Waals surface area contributed by atoms with Crippen LogP contribution in [0.5, 0.6) is 0 Å². The van der Waals surface area contributed by atoms with Gasteiger partial charge in [-0.1, -0.05) is 0 Å². The van der Waals surface area contributed by atoms with E-state index in [1.54, 1.807) is 20.1 Å². The number of nitrogens with two attached hydrogens (primary N) is 1. The fraction of sp³-hybridized carbons (Fsp3) is 0.692. The van der Waals surface area contributed by atoms with Gasteiger partial charge in [-0.15, -0.1) is 0 Å². The van der Waals surface area contributed by atoms with Crippen LogP contribution in [0.15, 0.2) is 6.07 Å². The summed E-state index contributed by atoms with van der Waals surface area (Å²) in [6.45, 7) is 5.36. The number of aliphatic hydroxyl groups is 1. The number of rotatable bonds is 10. The van der Waals surface area contributed by atoms with Crippen molar-refractivity contribution in [1.29, 1.82) is 0 Å². The molecule has 0 aliphatic heterocycles. The van der Waals surface area contributed by atoms with Crippen molar-refractivity contribution in [2.75, 3.05) is 37.6 Å². The molecular weight excluding hydrogens is 274 g/mol. The number of aromatic nitrogens is 2. The lowest BCUT2D eigenvalue weighted by Gasteiger charge is -2.23. The minimum absolute atomic E-state index is 0.306. The van der Waals surface area contributed by atoms with E-state index in [1.165, 1.54) is 0 Å². The molecule has 0 aromatic carbocycles. The van der Waals surface area contributed by atoms with Gasteiger partial charge in [0.15, 0.2) is 5.82 Å². The SMILES string of the molecule is CCOCc1nc(NN)cc(NCC(C)(O)CCOC)n1. The summed E-state index contributed by atoms with van der Waals surface area (Å²) in [5, 5.41) is 13.3. The van der Waals surface area contributed by atoms with Crippen molar-refractivity contribution in [3.63, 3.8) is 0 Å². The molecule has 8 nitrogen and oxygen atoms in total. The Morgan fingerprint density at radius 3 is 2.71 bits per heavy atom. The second-order valence-corrected chi connectivity index (χ2v) is 4.93. The third-order valence-electron chi connectivity index (χ3n) is 2.85. The van der Waals surface area contributed by atoms with Crippen molar-refractivity contribution < 1.29 is 14.6 Å². The molecule has 1 rings (SSSR count). The fourth-order valence-corrected chi connectivity index (χ4v) is 1.61. The fourth-order valence-electron chi connectivity index (χ4n) is 1.61. The molecule has 5 N–H and O–H groups in total. The lowest BCUT2D eigenvalue weighted by Crippen LogP contribution is -2.35. The van der Waals surface area contributed by atoms with E-state index in [-0.39, 0.29) is 0 Å². The van der Waals surface area contributed by atoms with Crippen LogP contribution in [0.1, 0.15) is 26.1 Å². The predicted octanol–water partition coefficient (Wildman–Crippen LogP) is 0.498. The van der Waals surface area contributed by atoms with Crippen LogP contribution in [-0.4, -0.2) is 47.5 Å². The molecule has 1 atom stereocenters. The van der Waals surface area contributed by atoms with Crippen LogP contribution in [0.25, 0.3) is 0 Å². The van der Waals surface area contributed by atoms with Crippen LogP contribution < -0.4 is 16.6 Å². The number of nitrogens with one attached hydrogen (secondary N) is 2. The highest BCUT2D eigenvalue weighted by molar-refractivity contribution is 5.47. The first-order valence-electron chi connectivity index (χ1n) is 6.88. The lowest BCUT2D eigenvalue weighted by atomic mass is 10.0. The summed E-state index contributed by atoms with van der Waals surface area (Å²) in [5.74, 6) is 6.97. The van der Waals surface area contributed by atoms with Gasteiger partial charge < -0.3 is 25.3 Å². The summed E-state index contributed by atoms with van der Waals surface area (Å²) in [4.78, 5) is 8.51. The van der Waals surface area contributed by atoms with Gasteiger partial charge in [-0.3, -0.25) is 0 Å². The molecule has 0 spiro atoms. The average molecular weight is 299 g/mol. The Balaban J connectivity index is 2.68. The number of nitrogen functional groups attached to an aromatic ring is 1. The predicted molar refractivity (Wildman–Crippen MR) is 80.8 cm³/mol. The molecule has 120 valence electrons. The second kappa shape index (κ2) is 8.73. The van der Waals surface area contributed by atoms with Crippen LogP contribution in [0.4, 0.5) is 11.6 Å². The van der Waals surface area contributed by atoms with Crippen molar-refractivity contribution in [2.24, 2.45) is 5.84 Å². The Kier molecular flexibility index (Phi) is 7.30. The third-order valence-corrected chi connectivity index (χ3v) is 2.85. The molecule has 0 amide bonds. The zero-order valence-electron chi connectivity index (χ0n) is 12.8. The Morgan fingerprint density at radius 1 is 1.38 bits per heavy atom. The molecule has 21 heavy (non-hydrogen) atoms. The Bertz CT molecular complexity index is 428. The van der Waals surface area contributed by atoms with Crippen molar-refractivity contribution in [2.45, 2.75) is 32.5 Å². The number of methoxy groups -OCH3 is 1. The van der Waals surface area contributed by atoms with Crippen LogP contribution in [0.3, 0.4) is 0 Å². The van der Waals surface area contributed by atoms with Gasteiger partial charge in [-0.05, 0) is 13.8 Å². The first-order valence-corrected chi connectivity index (χ1v) is 6.88. The topological polar surface area (TPSA) is 115 Å². The van der Waals surface area contributed by atoms with Gasteiger partial charge in [-0.2, -0.15) is 0 Å². The van der Waals surface area contributed by atoms with E-state index in [4.69, 9.17) is 15.3 Å². The standard InChI is InChI=1S/C13H25N5O3/c1-4-21-8-12-16-10(7-11(17-12)18-14)15-9-13(2,19)5-6-20-3/h7,19H,4-6,8-9,14H2,1-3H3,(H2,15,16,17,18). The average Bonchev–Trinajstić information content (AvgIpc) is 2.49. The molecule has 0 saturated carbocycles. The summed E-state index contributed by atoms with van der Waals surface area (Å²) in [6.07, 6.45) is 0.523. The first kappa shape index (κ1) is 17.6. The molecule has 0 radical (unpaired) electrons. The van der Waals surface area contributed by atoms with Crippen molar-refractivity contribution in [3.8, 4) is 0 Å².